The van der Waals surface area contributed by atoms with E-state index in [1.807, 2.05) is 0 Å². The Kier molecular flexibility index (Phi) is 2.29. The third kappa shape index (κ3) is 2.11. The zero-order valence-corrected chi connectivity index (χ0v) is 3.74. The van der Waals surface area contributed by atoms with Crippen molar-refractivity contribution in [2.24, 2.45) is 0 Å². The summed E-state index contributed by atoms with van der Waals surface area (Å²) in [6.07, 6.45) is 0. The summed E-state index contributed by atoms with van der Waals surface area (Å²) in [4.78, 5) is 21.2. The fraction of sp³-hybridized carbons (Fsp3) is 0. The first-order chi connectivity index (χ1) is 3.18. The number of carbonyl (C=O) groups excluding carboxylic acids is 2. The van der Waals surface area contributed by atoms with Crippen LogP contribution in [0.15, 0.2) is 0 Å². The summed E-state index contributed by atoms with van der Waals surface area (Å²) in [5.41, 5.74) is 0. The normalized spacial score (nSPS) is 7.71. The molecule has 0 rings (SSSR count). The fourth-order valence-electron chi connectivity index (χ4n) is 0.0303. The van der Waals surface area contributed by atoms with Crippen LogP contribution in [0.25, 0.3) is 0 Å². The Morgan fingerprint density at radius 2 is 2.00 bits per heavy atom. The Labute approximate surface area is 42.9 Å². The minimum atomic E-state index is -1.69. The standard InChI is InChI=1S/C2ClFO3/c3-1(5)2(6)7-4. The third-order valence-electron chi connectivity index (χ3n) is 0.231. The molecule has 0 aromatic rings. The van der Waals surface area contributed by atoms with Gasteiger partial charge in [-0.1, -0.05) is 0 Å². The molecule has 0 saturated carbocycles. The molecule has 7 heavy (non-hydrogen) atoms. The van der Waals surface area contributed by atoms with Gasteiger partial charge in [-0.05, 0) is 11.6 Å². The quantitative estimate of drug-likeness (QED) is 0.372. The highest BCUT2D eigenvalue weighted by atomic mass is 35.5. The molecular formula is C2ClFO3. The average molecular weight is 126 g/mol. The highest BCUT2D eigenvalue weighted by Gasteiger charge is 2.10. The molecule has 40 valence electrons. The number of hydrogen-bond acceptors (Lipinski definition) is 3. The van der Waals surface area contributed by atoms with Crippen LogP contribution in [0.1, 0.15) is 0 Å². The minimum Gasteiger partial charge on any atom is -0.268 e. The van der Waals surface area contributed by atoms with E-state index in [9.17, 15) is 14.1 Å². The smallest absolute Gasteiger partial charge is 0.268 e. The Bertz CT molecular complexity index is 101. The molecular weight excluding hydrogens is 126 g/mol. The van der Waals surface area contributed by atoms with Crippen molar-refractivity contribution >= 4 is 22.8 Å². The van der Waals surface area contributed by atoms with Crippen LogP contribution < -0.4 is 0 Å². The van der Waals surface area contributed by atoms with Crippen LogP contribution >= 0.6 is 11.6 Å². The first kappa shape index (κ1) is 6.36. The molecule has 0 amide bonds. The summed E-state index contributed by atoms with van der Waals surface area (Å²) in [6.45, 7) is 0. The van der Waals surface area contributed by atoms with Crippen LogP contribution in [0.3, 0.4) is 0 Å². The highest BCUT2D eigenvalue weighted by molar-refractivity contribution is 6.80. The molecule has 3 nitrogen and oxygen atoms in total. The molecule has 5 heteroatoms. The zero-order chi connectivity index (χ0) is 5.86. The number of carbonyl (C=O) groups is 2. The molecule has 0 radical (unpaired) electrons. The Morgan fingerprint density at radius 1 is 1.57 bits per heavy atom. The van der Waals surface area contributed by atoms with E-state index in [-0.39, 0.29) is 0 Å². The lowest BCUT2D eigenvalue weighted by molar-refractivity contribution is -0.183. The van der Waals surface area contributed by atoms with Gasteiger partial charge >= 0.3 is 11.2 Å². The Balaban J connectivity index is 3.58. The van der Waals surface area contributed by atoms with Crippen molar-refractivity contribution in [3.05, 3.63) is 0 Å². The van der Waals surface area contributed by atoms with Crippen LogP contribution in [0, 0.1) is 0 Å². The van der Waals surface area contributed by atoms with Gasteiger partial charge in [0.25, 0.3) is 0 Å². The van der Waals surface area contributed by atoms with Gasteiger partial charge in [-0.3, -0.25) is 4.79 Å². The van der Waals surface area contributed by atoms with E-state index in [0.717, 1.165) is 0 Å². The van der Waals surface area contributed by atoms with Gasteiger partial charge in [-0.2, -0.15) is 0 Å². The van der Waals surface area contributed by atoms with Gasteiger partial charge in [0, 0.05) is 4.53 Å². The molecule has 0 fully saturated rings. The maximum Gasteiger partial charge on any atom is 0.431 e. The molecule has 0 bridgehead atoms. The summed E-state index contributed by atoms with van der Waals surface area (Å²) < 4.78 is 10.5. The number of rotatable bonds is 1. The van der Waals surface area contributed by atoms with Crippen molar-refractivity contribution in [3.63, 3.8) is 0 Å². The van der Waals surface area contributed by atoms with E-state index >= 15 is 0 Å². The molecule has 0 aromatic carbocycles. The Morgan fingerprint density at radius 3 is 2.00 bits per heavy atom. The van der Waals surface area contributed by atoms with Crippen LogP contribution in [0.2, 0.25) is 0 Å². The van der Waals surface area contributed by atoms with Gasteiger partial charge in [-0.15, -0.1) is 0 Å². The zero-order valence-electron chi connectivity index (χ0n) is 2.98. The average Bonchev–Trinajstić information content (AvgIpc) is 1.65. The van der Waals surface area contributed by atoms with Gasteiger partial charge in [0.1, 0.15) is 0 Å². The lowest BCUT2D eigenvalue weighted by Crippen LogP contribution is -2.05. The molecule has 0 aromatic heterocycles. The molecule has 0 atom stereocenters. The molecule has 0 N–H and O–H groups in total. The van der Waals surface area contributed by atoms with E-state index in [1.54, 1.807) is 0 Å². The van der Waals surface area contributed by atoms with Crippen molar-refractivity contribution in [2.75, 3.05) is 0 Å². The van der Waals surface area contributed by atoms with Gasteiger partial charge in [0.15, 0.2) is 0 Å². The first-order valence-corrected chi connectivity index (χ1v) is 1.58. The summed E-state index contributed by atoms with van der Waals surface area (Å²) in [5, 5.41) is -1.47. The SMILES string of the molecule is O=C(Cl)C(=O)OF. The maximum absolute atomic E-state index is 10.5. The summed E-state index contributed by atoms with van der Waals surface area (Å²) >= 11 is 4.37. The third-order valence-corrected chi connectivity index (χ3v) is 0.385. The summed E-state index contributed by atoms with van der Waals surface area (Å²) in [7, 11) is 0. The number of hydrogen-bond donors (Lipinski definition) is 0. The van der Waals surface area contributed by atoms with Crippen LogP contribution in [-0.4, -0.2) is 11.2 Å². The summed E-state index contributed by atoms with van der Waals surface area (Å²) in [5.74, 6) is -1.69. The first-order valence-electron chi connectivity index (χ1n) is 1.21. The van der Waals surface area contributed by atoms with Crippen LogP contribution in [0.4, 0.5) is 4.53 Å². The lowest BCUT2D eigenvalue weighted by atomic mass is 10.8. The second-order valence-corrected chi connectivity index (χ2v) is 0.982. The van der Waals surface area contributed by atoms with E-state index in [4.69, 9.17) is 0 Å². The molecule has 0 heterocycles. The van der Waals surface area contributed by atoms with Crippen molar-refractivity contribution in [3.8, 4) is 0 Å². The lowest BCUT2D eigenvalue weighted by Gasteiger charge is -1.77. The monoisotopic (exact) mass is 126 g/mol. The molecule has 0 spiro atoms. The van der Waals surface area contributed by atoms with Crippen LogP contribution in [-0.2, 0) is 14.5 Å². The topological polar surface area (TPSA) is 43.4 Å². The van der Waals surface area contributed by atoms with E-state index in [1.165, 1.54) is 0 Å². The second kappa shape index (κ2) is 2.52. The van der Waals surface area contributed by atoms with E-state index in [0.29, 0.717) is 0 Å². The predicted octanol–water partition coefficient (Wildman–Crippen LogP) is 0.179. The van der Waals surface area contributed by atoms with Crippen LogP contribution in [0.5, 0.6) is 0 Å². The van der Waals surface area contributed by atoms with E-state index < -0.39 is 11.2 Å². The number of halogens is 2. The largest absolute Gasteiger partial charge is 0.431 e. The van der Waals surface area contributed by atoms with Crippen molar-refractivity contribution in [1.82, 2.24) is 0 Å². The van der Waals surface area contributed by atoms with Crippen molar-refractivity contribution in [1.29, 1.82) is 0 Å². The molecule has 0 aliphatic heterocycles. The molecule has 0 aliphatic carbocycles. The van der Waals surface area contributed by atoms with Gasteiger partial charge in [-0.25, -0.2) is 9.74 Å². The van der Waals surface area contributed by atoms with Gasteiger partial charge < -0.3 is 0 Å². The van der Waals surface area contributed by atoms with E-state index in [2.05, 4.69) is 16.5 Å². The van der Waals surface area contributed by atoms with Gasteiger partial charge in [0.05, 0.1) is 0 Å². The summed E-state index contributed by atoms with van der Waals surface area (Å²) in [6, 6.07) is 0. The Hall–Kier alpha value is -0.640. The highest BCUT2D eigenvalue weighted by Crippen LogP contribution is 1.83. The molecule has 0 unspecified atom stereocenters. The molecule has 0 aliphatic rings. The minimum absolute atomic E-state index is 1.47. The van der Waals surface area contributed by atoms with Crippen molar-refractivity contribution < 1.29 is 19.1 Å². The second-order valence-electron chi connectivity index (χ2n) is 0.638. The molecule has 0 saturated heterocycles. The predicted molar refractivity (Wildman–Crippen MR) is 18.1 cm³/mol. The van der Waals surface area contributed by atoms with Gasteiger partial charge in [0.2, 0.25) is 0 Å². The maximum atomic E-state index is 10.5. The van der Waals surface area contributed by atoms with Crippen molar-refractivity contribution in [2.45, 2.75) is 0 Å². The fourth-order valence-corrected chi connectivity index (χ4v) is 0.0595.